The molecule has 0 rings (SSSR count). The Bertz CT molecular complexity index is 822. The van der Waals surface area contributed by atoms with Gasteiger partial charge >= 0.3 is 0 Å². The average Bonchev–Trinajstić information content (AvgIpc) is 3.27. The summed E-state index contributed by atoms with van der Waals surface area (Å²) in [5, 5.41) is 18.0. The third kappa shape index (κ3) is 80.1. The third-order valence-electron chi connectivity index (χ3n) is 10.6. The molecule has 0 aromatic carbocycles. The summed E-state index contributed by atoms with van der Waals surface area (Å²) in [6, 6.07) is 0. The lowest BCUT2D eigenvalue weighted by molar-refractivity contribution is 0.256. The molecule has 4 nitrogen and oxygen atoms in total. The van der Waals surface area contributed by atoms with E-state index in [2.05, 4.69) is 69.1 Å². The first-order chi connectivity index (χ1) is 29.4. The molecule has 0 aromatic rings. The predicted molar refractivity (Wildman–Crippen MR) is 278 cm³/mol. The molecule has 0 aliphatic carbocycles. The number of rotatable bonds is 39. The van der Waals surface area contributed by atoms with Crippen molar-refractivity contribution >= 4 is 0 Å². The van der Waals surface area contributed by atoms with Crippen LogP contribution in [0.2, 0.25) is 0 Å². The maximum absolute atomic E-state index is 7.58. The monoisotopic (exact) mass is 847 g/mol. The fourth-order valence-electron chi connectivity index (χ4n) is 7.10. The van der Waals surface area contributed by atoms with Gasteiger partial charge in [0.1, 0.15) is 6.26 Å². The van der Waals surface area contributed by atoms with Crippen LogP contribution in [0.5, 0.6) is 0 Å². The first kappa shape index (κ1) is 69.8. The maximum Gasteiger partial charge on any atom is 0.121 e. The van der Waals surface area contributed by atoms with Crippen molar-refractivity contribution in [3.63, 3.8) is 0 Å². The van der Waals surface area contributed by atoms with E-state index in [9.17, 15) is 0 Å². The number of nitrogens with one attached hydrogen (secondary N) is 1. The third-order valence-corrected chi connectivity index (χ3v) is 10.6. The number of hydrogen-bond donors (Lipinski definition) is 3. The molecule has 0 spiro atoms. The van der Waals surface area contributed by atoms with Crippen molar-refractivity contribution in [2.75, 3.05) is 33.3 Å². The Labute approximate surface area is 381 Å². The molecule has 1 atom stereocenters. The van der Waals surface area contributed by atoms with Gasteiger partial charge in [0, 0.05) is 19.4 Å². The topological polar surface area (TPSA) is 55.7 Å². The lowest BCUT2D eigenvalue weighted by atomic mass is 9.89. The number of terminal acetylenes is 1. The number of aliphatic hydroxyl groups is 2. The largest absolute Gasteiger partial charge is 0.507 e. The molecule has 0 amide bonds. The number of allylic oxidation sites excluding steroid dienone is 3. The highest BCUT2D eigenvalue weighted by atomic mass is 16.2. The van der Waals surface area contributed by atoms with Crippen LogP contribution in [0, 0.1) is 18.3 Å². The van der Waals surface area contributed by atoms with Crippen molar-refractivity contribution in [2.24, 2.45) is 5.92 Å². The van der Waals surface area contributed by atoms with Crippen LogP contribution in [-0.4, -0.2) is 48.4 Å². The molecular weight excluding hydrogens is 733 g/mol. The van der Waals surface area contributed by atoms with Gasteiger partial charge in [-0.25, -0.2) is 0 Å². The standard InChI is InChI=1S/C43H88N2.C4H8.C3H4O.C3H4.C2H6.CH4O/c1-6-9-12-15-16-17-18-19-20-21-22-23-27-32-39-45(41-34-38-44-42(4)5)40-33-28-24-26-31-37-43(35-29-14-11-8-3)36-30-25-13-10-7-2;1-3-4-2;1-2-3-4;1-3-2;2*1-2/h43-44H,4,6-41H2,1-3,5H3;3-4H,1-2H3;3-4H,1H2;1H,2H3;1-2H3;2H,1H3/b;4-3-;;;;. The number of nitrogens with zero attached hydrogens (tertiary/aromatic N) is 1. The van der Waals surface area contributed by atoms with Gasteiger partial charge in [0.25, 0.3) is 0 Å². The highest BCUT2D eigenvalue weighted by Crippen LogP contribution is 2.24. The molecule has 360 valence electrons. The molecule has 0 aliphatic heterocycles. The average molecular weight is 848 g/mol. The van der Waals surface area contributed by atoms with Crippen molar-refractivity contribution in [2.45, 2.75) is 268 Å². The molecule has 0 radical (unpaired) electrons. The molecule has 0 fully saturated rings. The molecule has 1 unspecified atom stereocenters. The van der Waals surface area contributed by atoms with Crippen LogP contribution in [0.3, 0.4) is 0 Å². The van der Waals surface area contributed by atoms with E-state index < -0.39 is 0 Å². The first-order valence-electron chi connectivity index (χ1n) is 25.9. The number of hydrogen-bond acceptors (Lipinski definition) is 4. The Hall–Kier alpha value is -1.92. The van der Waals surface area contributed by atoms with Crippen LogP contribution in [-0.2, 0) is 0 Å². The van der Waals surface area contributed by atoms with Gasteiger partial charge in [0.2, 0.25) is 0 Å². The Balaban J connectivity index is -0.000000420. The minimum absolute atomic E-state index is 0.764. The zero-order valence-electron chi connectivity index (χ0n) is 43.1. The van der Waals surface area contributed by atoms with Gasteiger partial charge in [-0.3, -0.25) is 0 Å². The minimum Gasteiger partial charge on any atom is -0.507 e. The maximum atomic E-state index is 7.58. The molecule has 3 N–H and O–H groups in total. The summed E-state index contributed by atoms with van der Waals surface area (Å²) in [5.41, 5.74) is 3.22. The van der Waals surface area contributed by atoms with Crippen LogP contribution >= 0.6 is 0 Å². The van der Waals surface area contributed by atoms with Crippen molar-refractivity contribution < 1.29 is 10.2 Å². The van der Waals surface area contributed by atoms with Crippen molar-refractivity contribution in [1.82, 2.24) is 10.2 Å². The van der Waals surface area contributed by atoms with Gasteiger partial charge < -0.3 is 20.4 Å². The van der Waals surface area contributed by atoms with Crippen molar-refractivity contribution in [3.8, 4) is 12.3 Å². The van der Waals surface area contributed by atoms with E-state index in [-0.39, 0.29) is 0 Å². The smallest absolute Gasteiger partial charge is 0.121 e. The molecule has 0 bridgehead atoms. The van der Waals surface area contributed by atoms with Crippen LogP contribution in [0.15, 0.2) is 43.0 Å². The number of unbranched alkanes of at least 4 members (excludes halogenated alkanes) is 24. The quantitative estimate of drug-likeness (QED) is 0.0190. The normalized spacial score (nSPS) is 10.4. The highest BCUT2D eigenvalue weighted by molar-refractivity contribution is 4.83. The summed E-state index contributed by atoms with van der Waals surface area (Å²) in [6.07, 6.45) is 55.5. The van der Waals surface area contributed by atoms with E-state index in [1.54, 1.807) is 6.92 Å². The summed E-state index contributed by atoms with van der Waals surface area (Å²) < 4.78 is 0. The number of aliphatic hydroxyl groups excluding tert-OH is 2. The van der Waals surface area contributed by atoms with E-state index in [1.165, 1.54) is 225 Å². The second kappa shape index (κ2) is 74.5. The molecule has 0 aliphatic rings. The van der Waals surface area contributed by atoms with Gasteiger partial charge in [-0.15, -0.1) is 12.3 Å². The zero-order valence-corrected chi connectivity index (χ0v) is 43.1. The Morgan fingerprint density at radius 3 is 1.08 bits per heavy atom. The molecule has 60 heavy (non-hydrogen) atoms. The van der Waals surface area contributed by atoms with E-state index >= 15 is 0 Å². The molecule has 0 heterocycles. The summed E-state index contributed by atoms with van der Waals surface area (Å²) in [4.78, 5) is 2.78. The fourth-order valence-corrected chi connectivity index (χ4v) is 7.10. The summed E-state index contributed by atoms with van der Waals surface area (Å²) in [5.74, 6) is 3.26. The van der Waals surface area contributed by atoms with Gasteiger partial charge in [-0.05, 0) is 72.5 Å². The second-order valence-corrected chi connectivity index (χ2v) is 16.3. The summed E-state index contributed by atoms with van der Waals surface area (Å²) in [7, 11) is 1.00. The highest BCUT2D eigenvalue weighted by Gasteiger charge is 2.09. The lowest BCUT2D eigenvalue weighted by Crippen LogP contribution is -2.29. The summed E-state index contributed by atoms with van der Waals surface area (Å²) in [6.45, 7) is 30.7. The van der Waals surface area contributed by atoms with E-state index in [0.29, 0.717) is 0 Å². The predicted octanol–water partition coefficient (Wildman–Crippen LogP) is 18.3. The van der Waals surface area contributed by atoms with E-state index in [0.717, 1.165) is 31.5 Å². The SMILES string of the molecule is C#CC.C/C=C\C.C=C(C)NCCCN(CCCCCCCCCCCCCCCC)CCCCCCCC(CCCCCC)CCCCCCC.C=C=CO.CC.CO. The van der Waals surface area contributed by atoms with Crippen LogP contribution < -0.4 is 5.32 Å². The zero-order chi connectivity index (χ0) is 46.4. The van der Waals surface area contributed by atoms with Gasteiger partial charge in [0.05, 0.1) is 0 Å². The Kier molecular flexibility index (Phi) is 86.7. The summed E-state index contributed by atoms with van der Waals surface area (Å²) >= 11 is 0. The van der Waals surface area contributed by atoms with Crippen molar-refractivity contribution in [3.05, 3.63) is 43.0 Å². The lowest BCUT2D eigenvalue weighted by Gasteiger charge is -2.22. The van der Waals surface area contributed by atoms with Crippen LogP contribution in [0.1, 0.15) is 268 Å². The molecular formula is C56H114N2O2. The van der Waals surface area contributed by atoms with Gasteiger partial charge in [-0.2, -0.15) is 0 Å². The van der Waals surface area contributed by atoms with Crippen molar-refractivity contribution in [1.29, 1.82) is 0 Å². The van der Waals surface area contributed by atoms with Crippen LogP contribution in [0.4, 0.5) is 0 Å². The second-order valence-electron chi connectivity index (χ2n) is 16.3. The van der Waals surface area contributed by atoms with E-state index in [1.807, 2.05) is 39.8 Å². The minimum atomic E-state index is 0.764. The molecule has 0 saturated carbocycles. The van der Waals surface area contributed by atoms with Gasteiger partial charge in [-0.1, -0.05) is 252 Å². The Morgan fingerprint density at radius 1 is 0.567 bits per heavy atom. The van der Waals surface area contributed by atoms with Crippen LogP contribution in [0.25, 0.3) is 0 Å². The molecule has 0 saturated heterocycles. The Morgan fingerprint density at radius 2 is 0.817 bits per heavy atom. The fraction of sp³-hybridized carbons (Fsp3) is 0.839. The van der Waals surface area contributed by atoms with Gasteiger partial charge in [0.15, 0.2) is 0 Å². The molecule has 0 aromatic heterocycles. The molecule has 4 heteroatoms. The van der Waals surface area contributed by atoms with E-state index in [4.69, 9.17) is 10.2 Å². The first-order valence-corrected chi connectivity index (χ1v) is 25.9.